The number of nitrogens with one attached hydrogen (secondary N) is 1. The number of aliphatic hydroxyl groups is 1. The minimum atomic E-state index is -0.929. The van der Waals surface area contributed by atoms with Crippen molar-refractivity contribution in [2.75, 3.05) is 31.7 Å². The van der Waals surface area contributed by atoms with Gasteiger partial charge in [0, 0.05) is 39.8 Å². The second kappa shape index (κ2) is 16.0. The van der Waals surface area contributed by atoms with Crippen molar-refractivity contribution in [3.05, 3.63) is 89.7 Å². The number of carbonyl (C=O) groups is 2. The Morgan fingerprint density at radius 3 is 2.66 bits per heavy atom. The predicted octanol–water partition coefficient (Wildman–Crippen LogP) is 4.25. The minimum absolute atomic E-state index is 0. The van der Waals surface area contributed by atoms with Gasteiger partial charge in [0.05, 0.1) is 47.2 Å². The normalized spacial score (nSPS) is 20.0. The minimum Gasteiger partial charge on any atom is -0.443 e. The van der Waals surface area contributed by atoms with Gasteiger partial charge in [-0.25, -0.2) is 9.78 Å². The van der Waals surface area contributed by atoms with E-state index in [9.17, 15) is 14.7 Å². The summed E-state index contributed by atoms with van der Waals surface area (Å²) in [7, 11) is 1.72. The number of alkyl carbamates (subject to hydrolysis) is 1. The summed E-state index contributed by atoms with van der Waals surface area (Å²) in [5.41, 5.74) is 3.69. The Bertz CT molecular complexity index is 1630. The second-order valence-corrected chi connectivity index (χ2v) is 12.9. The molecule has 4 heterocycles. The summed E-state index contributed by atoms with van der Waals surface area (Å²) in [4.78, 5) is 37.9. The van der Waals surface area contributed by atoms with Crippen LogP contribution in [0, 0.1) is 5.92 Å². The molecule has 47 heavy (non-hydrogen) atoms. The third-order valence-electron chi connectivity index (χ3n) is 8.47. The molecule has 0 saturated carbocycles. The summed E-state index contributed by atoms with van der Waals surface area (Å²) in [6.07, 6.45) is 0.728. The molecular formula is C34H41N5O6S2. The third kappa shape index (κ3) is 8.86. The zero-order chi connectivity index (χ0) is 32.0. The second-order valence-electron chi connectivity index (χ2n) is 11.8. The van der Waals surface area contributed by atoms with E-state index in [4.69, 9.17) is 14.2 Å². The first-order valence-corrected chi connectivity index (χ1v) is 16.3. The van der Waals surface area contributed by atoms with E-state index in [1.165, 1.54) is 18.3 Å². The Morgan fingerprint density at radius 2 is 1.89 bits per heavy atom. The van der Waals surface area contributed by atoms with Crippen molar-refractivity contribution in [3.63, 3.8) is 0 Å². The van der Waals surface area contributed by atoms with Crippen LogP contribution in [-0.4, -0.2) is 83.3 Å². The van der Waals surface area contributed by atoms with Crippen LogP contribution in [0.4, 0.5) is 9.93 Å². The molecule has 0 bridgehead atoms. The summed E-state index contributed by atoms with van der Waals surface area (Å²) >= 11 is 1.46. The molecule has 6 rings (SSSR count). The smallest absolute Gasteiger partial charge is 0.407 e. The van der Waals surface area contributed by atoms with Crippen LogP contribution in [0.5, 0.6) is 0 Å². The van der Waals surface area contributed by atoms with Crippen LogP contribution >= 0.6 is 24.8 Å². The van der Waals surface area contributed by atoms with Crippen LogP contribution < -0.4 is 10.2 Å². The number of amides is 2. The SMILES string of the molecule is CC(=O)N(C)c1nc2ccc(CN(Cc3ccccn3)CC(O)C(Cc3ccccc3)NC(=O)OC3COC4OCCC34)cc2s1.S. The maximum atomic E-state index is 13.2. The van der Waals surface area contributed by atoms with E-state index in [2.05, 4.69) is 26.3 Å². The zero-order valence-corrected chi connectivity index (χ0v) is 28.3. The number of aromatic nitrogens is 2. The Morgan fingerprint density at radius 1 is 1.09 bits per heavy atom. The van der Waals surface area contributed by atoms with Gasteiger partial charge < -0.3 is 24.6 Å². The fourth-order valence-corrected chi connectivity index (χ4v) is 6.95. The molecule has 13 heteroatoms. The number of nitrogens with zero attached hydrogens (tertiary/aromatic N) is 4. The monoisotopic (exact) mass is 679 g/mol. The van der Waals surface area contributed by atoms with Crippen molar-refractivity contribution in [1.82, 2.24) is 20.2 Å². The van der Waals surface area contributed by atoms with Gasteiger partial charge in [0.15, 0.2) is 11.4 Å². The Kier molecular flexibility index (Phi) is 11.8. The van der Waals surface area contributed by atoms with E-state index in [0.717, 1.165) is 33.5 Å². The molecule has 0 aliphatic carbocycles. The fraction of sp³-hybridized carbons (Fsp3) is 0.412. The maximum absolute atomic E-state index is 13.2. The lowest BCUT2D eigenvalue weighted by Gasteiger charge is -2.30. The van der Waals surface area contributed by atoms with E-state index in [-0.39, 0.29) is 44.3 Å². The topological polar surface area (TPSA) is 126 Å². The Hall–Kier alpha value is -3.59. The molecule has 5 atom stereocenters. The number of anilines is 1. The molecule has 0 spiro atoms. The standard InChI is InChI=1S/C34H39N5O6S.H2S/c1-22(40)38(2)33-36-27-12-11-24(17-31(27)46-33)18-39(19-25-10-6-7-14-35-25)20-29(41)28(16-23-8-4-3-5-9-23)37-34(42)45-30-21-44-32-26(30)13-15-43-32;/h3-12,14,17,26,28-30,32,41H,13,15-16,18-21H2,1-2H3,(H,37,42);1H2. The molecule has 2 aromatic carbocycles. The quantitative estimate of drug-likeness (QED) is 0.226. The molecule has 5 unspecified atom stereocenters. The van der Waals surface area contributed by atoms with Crippen molar-refractivity contribution >= 4 is 52.2 Å². The third-order valence-corrected chi connectivity index (χ3v) is 9.57. The number of aliphatic hydroxyl groups excluding tert-OH is 1. The number of ether oxygens (including phenoxy) is 3. The van der Waals surface area contributed by atoms with Gasteiger partial charge in [-0.15, -0.1) is 0 Å². The van der Waals surface area contributed by atoms with Gasteiger partial charge >= 0.3 is 6.09 Å². The van der Waals surface area contributed by atoms with Crippen LogP contribution in [0.25, 0.3) is 10.2 Å². The highest BCUT2D eigenvalue weighted by Crippen LogP contribution is 2.33. The van der Waals surface area contributed by atoms with Crippen molar-refractivity contribution in [2.45, 2.75) is 57.4 Å². The highest BCUT2D eigenvalue weighted by molar-refractivity contribution is 7.59. The van der Waals surface area contributed by atoms with E-state index >= 15 is 0 Å². The highest BCUT2D eigenvalue weighted by atomic mass is 32.1. The summed E-state index contributed by atoms with van der Waals surface area (Å²) in [5.74, 6) is -0.0578. The van der Waals surface area contributed by atoms with Gasteiger partial charge in [0.25, 0.3) is 0 Å². The lowest BCUT2D eigenvalue weighted by molar-refractivity contribution is -0.116. The Labute approximate surface area is 285 Å². The van der Waals surface area contributed by atoms with E-state index in [1.54, 1.807) is 18.1 Å². The van der Waals surface area contributed by atoms with Crippen molar-refractivity contribution in [3.8, 4) is 0 Å². The highest BCUT2D eigenvalue weighted by Gasteiger charge is 2.44. The number of thiazole rings is 1. The molecule has 2 aliphatic heterocycles. The molecular weight excluding hydrogens is 639 g/mol. The average Bonchev–Trinajstić information content (AvgIpc) is 3.78. The van der Waals surface area contributed by atoms with Gasteiger partial charge in [-0.2, -0.15) is 13.5 Å². The van der Waals surface area contributed by atoms with Gasteiger partial charge in [0.2, 0.25) is 5.91 Å². The molecule has 250 valence electrons. The molecule has 2 aliphatic rings. The molecule has 0 radical (unpaired) electrons. The number of benzene rings is 2. The Balaban J connectivity index is 0.00000433. The van der Waals surface area contributed by atoms with Crippen LogP contribution in [0.3, 0.4) is 0 Å². The number of fused-ring (bicyclic) bond motifs is 2. The number of hydrogen-bond acceptors (Lipinski definition) is 10. The first-order chi connectivity index (χ1) is 22.3. The molecule has 11 nitrogen and oxygen atoms in total. The zero-order valence-electron chi connectivity index (χ0n) is 26.5. The van der Waals surface area contributed by atoms with Crippen LogP contribution in [0.15, 0.2) is 72.9 Å². The summed E-state index contributed by atoms with van der Waals surface area (Å²) in [5, 5.41) is 15.3. The van der Waals surface area contributed by atoms with Gasteiger partial charge in [-0.3, -0.25) is 19.6 Å². The molecule has 2 aromatic heterocycles. The van der Waals surface area contributed by atoms with Gasteiger partial charge in [-0.1, -0.05) is 53.8 Å². The molecule has 4 aromatic rings. The summed E-state index contributed by atoms with van der Waals surface area (Å²) in [6, 6.07) is 21.0. The van der Waals surface area contributed by atoms with Crippen LogP contribution in [0.1, 0.15) is 30.2 Å². The summed E-state index contributed by atoms with van der Waals surface area (Å²) < 4.78 is 18.0. The van der Waals surface area contributed by atoms with Crippen molar-refractivity contribution < 1.29 is 28.9 Å². The molecule has 2 saturated heterocycles. The van der Waals surface area contributed by atoms with Gasteiger partial charge in [-0.05, 0) is 48.2 Å². The maximum Gasteiger partial charge on any atom is 0.407 e. The van der Waals surface area contributed by atoms with Crippen LogP contribution in [-0.2, 0) is 38.5 Å². The number of hydrogen-bond donors (Lipinski definition) is 2. The fourth-order valence-electron chi connectivity index (χ4n) is 5.91. The number of pyridine rings is 1. The van der Waals surface area contributed by atoms with Gasteiger partial charge in [0.1, 0.15) is 6.10 Å². The van der Waals surface area contributed by atoms with Crippen LogP contribution in [0.2, 0.25) is 0 Å². The molecule has 2 fully saturated rings. The number of carbonyl (C=O) groups excluding carboxylic acids is 2. The van der Waals surface area contributed by atoms with E-state index in [1.807, 2.05) is 60.7 Å². The largest absolute Gasteiger partial charge is 0.443 e. The predicted molar refractivity (Wildman–Crippen MR) is 185 cm³/mol. The molecule has 2 N–H and O–H groups in total. The lowest BCUT2D eigenvalue weighted by Crippen LogP contribution is -2.50. The lowest BCUT2D eigenvalue weighted by atomic mass is 10.0. The van der Waals surface area contributed by atoms with E-state index < -0.39 is 18.2 Å². The molecule has 2 amide bonds. The first kappa shape index (κ1) is 34.7. The summed E-state index contributed by atoms with van der Waals surface area (Å²) in [6.45, 7) is 3.67. The average molecular weight is 680 g/mol. The number of rotatable bonds is 12. The van der Waals surface area contributed by atoms with E-state index in [0.29, 0.717) is 37.9 Å². The van der Waals surface area contributed by atoms with Crippen molar-refractivity contribution in [2.24, 2.45) is 5.92 Å². The van der Waals surface area contributed by atoms with Crippen molar-refractivity contribution in [1.29, 1.82) is 0 Å². The first-order valence-electron chi connectivity index (χ1n) is 15.5.